The summed E-state index contributed by atoms with van der Waals surface area (Å²) in [6.07, 6.45) is 3.24. The second-order valence-electron chi connectivity index (χ2n) is 5.05. The molecule has 0 aromatic rings. The molecule has 1 rings (SSSR count). The Kier molecular flexibility index (Phi) is 5.81. The minimum Gasteiger partial charge on any atom is -0.465 e. The largest absolute Gasteiger partial charge is 0.465 e. The molecular formula is C13H25NO2. The summed E-state index contributed by atoms with van der Waals surface area (Å²) in [4.78, 5) is 13.7. The molecule has 0 radical (unpaired) electrons. The number of hydrogen-bond acceptors (Lipinski definition) is 3. The third-order valence-electron chi connectivity index (χ3n) is 3.53. The first-order chi connectivity index (χ1) is 7.63. The lowest BCUT2D eigenvalue weighted by Crippen LogP contribution is -2.41. The van der Waals surface area contributed by atoms with Gasteiger partial charge < -0.3 is 4.74 Å². The molecule has 1 heterocycles. The average Bonchev–Trinajstić information content (AvgIpc) is 2.24. The summed E-state index contributed by atoms with van der Waals surface area (Å²) >= 11 is 0. The van der Waals surface area contributed by atoms with Gasteiger partial charge in [-0.2, -0.15) is 0 Å². The highest BCUT2D eigenvalue weighted by Crippen LogP contribution is 2.21. The van der Waals surface area contributed by atoms with Crippen molar-refractivity contribution in [1.29, 1.82) is 0 Å². The maximum absolute atomic E-state index is 11.5. The highest BCUT2D eigenvalue weighted by atomic mass is 16.5. The van der Waals surface area contributed by atoms with Crippen LogP contribution in [0.25, 0.3) is 0 Å². The van der Waals surface area contributed by atoms with Gasteiger partial charge in [0.25, 0.3) is 0 Å². The summed E-state index contributed by atoms with van der Waals surface area (Å²) in [5, 5.41) is 0. The minimum absolute atomic E-state index is 0.0600. The van der Waals surface area contributed by atoms with Gasteiger partial charge in [0.05, 0.1) is 13.2 Å². The number of likely N-dealkylation sites (tertiary alicyclic amines) is 1. The molecule has 1 fully saturated rings. The van der Waals surface area contributed by atoms with Crippen molar-refractivity contribution in [2.75, 3.05) is 26.2 Å². The van der Waals surface area contributed by atoms with E-state index in [4.69, 9.17) is 4.74 Å². The van der Waals surface area contributed by atoms with E-state index in [1.54, 1.807) is 0 Å². The van der Waals surface area contributed by atoms with E-state index < -0.39 is 0 Å². The Morgan fingerprint density at radius 3 is 2.75 bits per heavy atom. The van der Waals surface area contributed by atoms with Crippen LogP contribution in [0.3, 0.4) is 0 Å². The van der Waals surface area contributed by atoms with Crippen molar-refractivity contribution >= 4 is 5.97 Å². The fourth-order valence-electron chi connectivity index (χ4n) is 2.05. The molecule has 0 N–H and O–H groups in total. The molecule has 0 aromatic carbocycles. The molecule has 0 bridgehead atoms. The number of carbonyl (C=O) groups is 1. The molecule has 0 spiro atoms. The van der Waals surface area contributed by atoms with Crippen molar-refractivity contribution in [3.05, 3.63) is 0 Å². The minimum atomic E-state index is -0.0600. The van der Waals surface area contributed by atoms with Gasteiger partial charge in [0.1, 0.15) is 0 Å². The molecule has 1 aliphatic heterocycles. The Morgan fingerprint density at radius 2 is 2.12 bits per heavy atom. The lowest BCUT2D eigenvalue weighted by molar-refractivity contribution is -0.145. The van der Waals surface area contributed by atoms with E-state index in [0.29, 0.717) is 19.1 Å². The van der Waals surface area contributed by atoms with Crippen molar-refractivity contribution in [2.24, 2.45) is 11.8 Å². The third-order valence-corrected chi connectivity index (χ3v) is 3.53. The van der Waals surface area contributed by atoms with Crippen molar-refractivity contribution in [3.63, 3.8) is 0 Å². The number of ether oxygens (including phenoxy) is 1. The molecule has 0 aromatic heterocycles. The van der Waals surface area contributed by atoms with Gasteiger partial charge in [-0.3, -0.25) is 9.69 Å². The topological polar surface area (TPSA) is 29.5 Å². The summed E-state index contributed by atoms with van der Waals surface area (Å²) in [5.41, 5.74) is 0. The first-order valence-electron chi connectivity index (χ1n) is 6.51. The normalized spacial score (nSPS) is 26.7. The first-order valence-corrected chi connectivity index (χ1v) is 6.51. The van der Waals surface area contributed by atoms with Crippen molar-refractivity contribution in [3.8, 4) is 0 Å². The molecule has 1 aliphatic rings. The summed E-state index contributed by atoms with van der Waals surface area (Å²) < 4.78 is 5.17. The fraction of sp³-hybridized carbons (Fsp3) is 0.923. The summed E-state index contributed by atoms with van der Waals surface area (Å²) in [5.74, 6) is 1.42. The van der Waals surface area contributed by atoms with Crippen LogP contribution in [0.4, 0.5) is 0 Å². The first kappa shape index (κ1) is 13.5. The Balaban J connectivity index is 2.19. The second-order valence-corrected chi connectivity index (χ2v) is 5.05. The molecule has 3 heteroatoms. The van der Waals surface area contributed by atoms with E-state index in [2.05, 4.69) is 25.7 Å². The van der Waals surface area contributed by atoms with Crippen LogP contribution in [0.5, 0.6) is 0 Å². The third kappa shape index (κ3) is 4.52. The van der Waals surface area contributed by atoms with Gasteiger partial charge in [-0.05, 0) is 31.2 Å². The van der Waals surface area contributed by atoms with Crippen molar-refractivity contribution in [1.82, 2.24) is 4.90 Å². The summed E-state index contributed by atoms with van der Waals surface area (Å²) in [7, 11) is 0. The summed E-state index contributed by atoms with van der Waals surface area (Å²) in [6, 6.07) is 0. The molecular weight excluding hydrogens is 202 g/mol. The Labute approximate surface area is 99.1 Å². The van der Waals surface area contributed by atoms with Gasteiger partial charge in [0.2, 0.25) is 0 Å². The van der Waals surface area contributed by atoms with Gasteiger partial charge in [-0.15, -0.1) is 0 Å². The zero-order valence-electron chi connectivity index (χ0n) is 10.9. The summed E-state index contributed by atoms with van der Waals surface area (Å²) in [6.45, 7) is 9.77. The quantitative estimate of drug-likeness (QED) is 0.533. The van der Waals surface area contributed by atoms with Gasteiger partial charge in [-0.1, -0.05) is 27.2 Å². The van der Waals surface area contributed by atoms with Crippen LogP contribution >= 0.6 is 0 Å². The van der Waals surface area contributed by atoms with Crippen molar-refractivity contribution < 1.29 is 9.53 Å². The molecule has 2 unspecified atom stereocenters. The number of esters is 1. The van der Waals surface area contributed by atoms with E-state index in [1.807, 2.05) is 0 Å². The molecule has 0 amide bonds. The molecule has 16 heavy (non-hydrogen) atoms. The predicted octanol–water partition coefficient (Wildman–Crippen LogP) is 2.31. The van der Waals surface area contributed by atoms with Crippen LogP contribution in [0.2, 0.25) is 0 Å². The average molecular weight is 227 g/mol. The van der Waals surface area contributed by atoms with Crippen LogP contribution in [0, 0.1) is 11.8 Å². The van der Waals surface area contributed by atoms with Crippen LogP contribution in [0.15, 0.2) is 0 Å². The molecule has 0 aliphatic carbocycles. The van der Waals surface area contributed by atoms with Crippen LogP contribution in [-0.2, 0) is 9.53 Å². The number of piperidine rings is 1. The van der Waals surface area contributed by atoms with Crippen LogP contribution in [-0.4, -0.2) is 37.1 Å². The standard InChI is InChI=1S/C13H25NO2/c1-4-5-8-16-13(15)10-14-7-6-11(2)12(3)9-14/h11-12H,4-10H2,1-3H3. The number of carbonyl (C=O) groups excluding carboxylic acids is 1. The number of rotatable bonds is 5. The van der Waals surface area contributed by atoms with Gasteiger partial charge in [0.15, 0.2) is 0 Å². The smallest absolute Gasteiger partial charge is 0.320 e. The predicted molar refractivity (Wildman–Crippen MR) is 65.3 cm³/mol. The van der Waals surface area contributed by atoms with Gasteiger partial charge in [-0.25, -0.2) is 0 Å². The number of nitrogens with zero attached hydrogens (tertiary/aromatic N) is 1. The van der Waals surface area contributed by atoms with E-state index in [1.165, 1.54) is 6.42 Å². The zero-order chi connectivity index (χ0) is 12.0. The van der Waals surface area contributed by atoms with Gasteiger partial charge >= 0.3 is 5.97 Å². The highest BCUT2D eigenvalue weighted by molar-refractivity contribution is 5.71. The van der Waals surface area contributed by atoms with E-state index in [-0.39, 0.29) is 5.97 Å². The van der Waals surface area contributed by atoms with E-state index in [9.17, 15) is 4.79 Å². The van der Waals surface area contributed by atoms with Crippen LogP contribution < -0.4 is 0 Å². The van der Waals surface area contributed by atoms with E-state index in [0.717, 1.165) is 31.8 Å². The Morgan fingerprint density at radius 1 is 1.38 bits per heavy atom. The number of unbranched alkanes of at least 4 members (excludes halogenated alkanes) is 1. The zero-order valence-corrected chi connectivity index (χ0v) is 10.9. The molecule has 1 saturated heterocycles. The van der Waals surface area contributed by atoms with E-state index >= 15 is 0 Å². The second kappa shape index (κ2) is 6.89. The molecule has 2 atom stereocenters. The Hall–Kier alpha value is -0.570. The monoisotopic (exact) mass is 227 g/mol. The number of hydrogen-bond donors (Lipinski definition) is 0. The molecule has 0 saturated carbocycles. The SMILES string of the molecule is CCCCOC(=O)CN1CCC(C)C(C)C1. The van der Waals surface area contributed by atoms with Crippen LogP contribution in [0.1, 0.15) is 40.0 Å². The lowest BCUT2D eigenvalue weighted by Gasteiger charge is -2.34. The fourth-order valence-corrected chi connectivity index (χ4v) is 2.05. The van der Waals surface area contributed by atoms with Crippen molar-refractivity contribution in [2.45, 2.75) is 40.0 Å². The molecule has 3 nitrogen and oxygen atoms in total. The van der Waals surface area contributed by atoms with Gasteiger partial charge in [0, 0.05) is 6.54 Å². The molecule has 94 valence electrons. The maximum atomic E-state index is 11.5. The Bertz CT molecular complexity index is 218. The lowest BCUT2D eigenvalue weighted by atomic mass is 9.89. The maximum Gasteiger partial charge on any atom is 0.320 e. The highest BCUT2D eigenvalue weighted by Gasteiger charge is 2.24.